The fourth-order valence-electron chi connectivity index (χ4n) is 1.76. The number of Topliss-reactive ketones (excluding diaryl/α,β-unsaturated/α-hetero) is 1. The summed E-state index contributed by atoms with van der Waals surface area (Å²) in [5.74, 6) is -0.0803. The van der Waals surface area contributed by atoms with Crippen LogP contribution in [0.1, 0.15) is 21.5 Å². The van der Waals surface area contributed by atoms with Gasteiger partial charge in [-0.05, 0) is 49.7 Å². The molecule has 0 bridgehead atoms. The Bertz CT molecular complexity index is 570. The van der Waals surface area contributed by atoms with E-state index in [1.165, 1.54) is 29.5 Å². The molecule has 0 amide bonds. The lowest BCUT2D eigenvalue weighted by atomic mass is 10.1. The lowest BCUT2D eigenvalue weighted by Crippen LogP contribution is -2.03. The first-order valence-electron chi connectivity index (χ1n) is 6.04. The highest BCUT2D eigenvalue weighted by Crippen LogP contribution is 2.20. The molecule has 0 heterocycles. The van der Waals surface area contributed by atoms with E-state index >= 15 is 0 Å². The van der Waals surface area contributed by atoms with Crippen LogP contribution in [0.5, 0.6) is 0 Å². The third-order valence-corrected chi connectivity index (χ3v) is 3.77. The molecule has 0 spiro atoms. The highest BCUT2D eigenvalue weighted by molar-refractivity contribution is 8.00. The van der Waals surface area contributed by atoms with Crippen LogP contribution in [0.2, 0.25) is 0 Å². The van der Waals surface area contributed by atoms with Gasteiger partial charge in [-0.15, -0.1) is 11.8 Å². The molecular weight excluding hydrogens is 259 g/mol. The molecule has 0 saturated carbocycles. The van der Waals surface area contributed by atoms with Gasteiger partial charge in [0.2, 0.25) is 0 Å². The maximum atomic E-state index is 13.2. The number of hydrogen-bond acceptors (Lipinski definition) is 2. The van der Waals surface area contributed by atoms with Gasteiger partial charge in [-0.25, -0.2) is 4.39 Å². The van der Waals surface area contributed by atoms with Crippen LogP contribution >= 0.6 is 11.8 Å². The van der Waals surface area contributed by atoms with Crippen molar-refractivity contribution in [2.24, 2.45) is 0 Å². The van der Waals surface area contributed by atoms with E-state index in [0.29, 0.717) is 11.3 Å². The Morgan fingerprint density at radius 2 is 1.74 bits per heavy atom. The van der Waals surface area contributed by atoms with E-state index < -0.39 is 0 Å². The highest BCUT2D eigenvalue weighted by Gasteiger charge is 2.08. The molecule has 3 heteroatoms. The molecule has 2 aromatic carbocycles. The normalized spacial score (nSPS) is 10.5. The summed E-state index contributed by atoms with van der Waals surface area (Å²) in [6.07, 6.45) is 0. The summed E-state index contributed by atoms with van der Waals surface area (Å²) in [5, 5.41) is 0. The van der Waals surface area contributed by atoms with Crippen molar-refractivity contribution in [2.45, 2.75) is 18.7 Å². The van der Waals surface area contributed by atoms with Crippen LogP contribution in [0.3, 0.4) is 0 Å². The minimum absolute atomic E-state index is 0.0480. The number of carbonyl (C=O) groups excluding carboxylic acids is 1. The first-order chi connectivity index (χ1) is 9.04. The number of aryl methyl sites for hydroxylation is 2. The standard InChI is InChI=1S/C16H15FOS/c1-11-3-5-15(6-4-11)19-10-16(18)13-7-12(2)8-14(17)9-13/h3-9H,10H2,1-2H3. The molecule has 0 aromatic heterocycles. The largest absolute Gasteiger partial charge is 0.293 e. The first-order valence-corrected chi connectivity index (χ1v) is 7.03. The number of benzene rings is 2. The second kappa shape index (κ2) is 6.02. The number of halogens is 1. The number of thioether (sulfide) groups is 1. The van der Waals surface area contributed by atoms with Crippen molar-refractivity contribution in [1.82, 2.24) is 0 Å². The lowest BCUT2D eigenvalue weighted by molar-refractivity contribution is 0.102. The van der Waals surface area contributed by atoms with E-state index in [-0.39, 0.29) is 11.6 Å². The van der Waals surface area contributed by atoms with Gasteiger partial charge in [0.25, 0.3) is 0 Å². The molecule has 0 N–H and O–H groups in total. The number of rotatable bonds is 4. The summed E-state index contributed by atoms with van der Waals surface area (Å²) in [5.41, 5.74) is 2.40. The van der Waals surface area contributed by atoms with Crippen molar-refractivity contribution < 1.29 is 9.18 Å². The van der Waals surface area contributed by atoms with Gasteiger partial charge in [0.1, 0.15) is 5.82 Å². The Balaban J connectivity index is 2.03. The van der Waals surface area contributed by atoms with Crippen molar-refractivity contribution in [3.8, 4) is 0 Å². The molecule has 0 aliphatic carbocycles. The van der Waals surface area contributed by atoms with Crippen LogP contribution in [-0.2, 0) is 0 Å². The molecule has 2 aromatic rings. The quantitative estimate of drug-likeness (QED) is 0.606. The Morgan fingerprint density at radius 1 is 1.05 bits per heavy atom. The molecule has 98 valence electrons. The average Bonchev–Trinajstić information content (AvgIpc) is 2.36. The maximum absolute atomic E-state index is 13.2. The van der Waals surface area contributed by atoms with Gasteiger partial charge in [0.15, 0.2) is 5.78 Å². The van der Waals surface area contributed by atoms with Crippen LogP contribution < -0.4 is 0 Å². The van der Waals surface area contributed by atoms with E-state index in [4.69, 9.17) is 0 Å². The van der Waals surface area contributed by atoms with Gasteiger partial charge in [-0.2, -0.15) is 0 Å². The van der Waals surface area contributed by atoms with Crippen LogP contribution in [0.25, 0.3) is 0 Å². The Kier molecular flexibility index (Phi) is 4.38. The molecule has 0 aliphatic heterocycles. The van der Waals surface area contributed by atoms with Crippen molar-refractivity contribution in [2.75, 3.05) is 5.75 Å². The van der Waals surface area contributed by atoms with Gasteiger partial charge >= 0.3 is 0 Å². The molecule has 0 radical (unpaired) electrons. The van der Waals surface area contributed by atoms with Crippen LogP contribution in [0.15, 0.2) is 47.4 Å². The summed E-state index contributed by atoms with van der Waals surface area (Å²) >= 11 is 1.47. The third-order valence-electron chi connectivity index (χ3n) is 2.76. The van der Waals surface area contributed by atoms with Crippen LogP contribution in [0.4, 0.5) is 4.39 Å². The van der Waals surface area contributed by atoms with Gasteiger partial charge in [0, 0.05) is 10.5 Å². The van der Waals surface area contributed by atoms with Crippen molar-refractivity contribution >= 4 is 17.5 Å². The molecular formula is C16H15FOS. The molecule has 19 heavy (non-hydrogen) atoms. The Morgan fingerprint density at radius 3 is 2.37 bits per heavy atom. The van der Waals surface area contributed by atoms with Crippen molar-refractivity contribution in [1.29, 1.82) is 0 Å². The highest BCUT2D eigenvalue weighted by atomic mass is 32.2. The smallest absolute Gasteiger partial charge is 0.173 e. The van der Waals surface area contributed by atoms with Gasteiger partial charge in [-0.3, -0.25) is 4.79 Å². The number of hydrogen-bond donors (Lipinski definition) is 0. The summed E-state index contributed by atoms with van der Waals surface area (Å²) in [6.45, 7) is 3.81. The molecule has 0 saturated heterocycles. The van der Waals surface area contributed by atoms with Gasteiger partial charge in [0.05, 0.1) is 5.75 Å². The Labute approximate surface area is 116 Å². The van der Waals surface area contributed by atoms with E-state index in [9.17, 15) is 9.18 Å². The van der Waals surface area contributed by atoms with Crippen molar-refractivity contribution in [3.63, 3.8) is 0 Å². The van der Waals surface area contributed by atoms with E-state index in [2.05, 4.69) is 0 Å². The molecule has 2 rings (SSSR count). The maximum Gasteiger partial charge on any atom is 0.173 e. The topological polar surface area (TPSA) is 17.1 Å². The SMILES string of the molecule is Cc1ccc(SCC(=O)c2cc(C)cc(F)c2)cc1. The minimum atomic E-state index is -0.358. The summed E-state index contributed by atoms with van der Waals surface area (Å²) < 4.78 is 13.2. The summed E-state index contributed by atoms with van der Waals surface area (Å²) in [7, 11) is 0. The predicted octanol–water partition coefficient (Wildman–Crippen LogP) is 4.42. The first kappa shape index (κ1) is 13.8. The van der Waals surface area contributed by atoms with Crippen LogP contribution in [-0.4, -0.2) is 11.5 Å². The number of carbonyl (C=O) groups is 1. The molecule has 0 aliphatic rings. The van der Waals surface area contributed by atoms with Gasteiger partial charge < -0.3 is 0 Å². The fourth-order valence-corrected chi connectivity index (χ4v) is 2.56. The van der Waals surface area contributed by atoms with E-state index in [1.807, 2.05) is 31.2 Å². The fraction of sp³-hybridized carbons (Fsp3) is 0.188. The minimum Gasteiger partial charge on any atom is -0.293 e. The molecule has 0 atom stereocenters. The number of ketones is 1. The second-order valence-corrected chi connectivity index (χ2v) is 5.59. The zero-order valence-corrected chi connectivity index (χ0v) is 11.8. The third kappa shape index (κ3) is 3.93. The average molecular weight is 274 g/mol. The van der Waals surface area contributed by atoms with Crippen LogP contribution in [0, 0.1) is 19.7 Å². The van der Waals surface area contributed by atoms with E-state index in [0.717, 1.165) is 10.5 Å². The summed E-state index contributed by atoms with van der Waals surface area (Å²) in [6, 6.07) is 12.4. The predicted molar refractivity (Wildman–Crippen MR) is 77.4 cm³/mol. The second-order valence-electron chi connectivity index (χ2n) is 4.54. The molecule has 1 nitrogen and oxygen atoms in total. The summed E-state index contributed by atoms with van der Waals surface area (Å²) in [4.78, 5) is 13.1. The zero-order valence-electron chi connectivity index (χ0n) is 10.9. The lowest BCUT2D eigenvalue weighted by Gasteiger charge is -2.04. The van der Waals surface area contributed by atoms with E-state index in [1.54, 1.807) is 13.0 Å². The molecule has 0 fully saturated rings. The molecule has 0 unspecified atom stereocenters. The Hall–Kier alpha value is -1.61. The van der Waals surface area contributed by atoms with Crippen molar-refractivity contribution in [3.05, 3.63) is 65.0 Å². The monoisotopic (exact) mass is 274 g/mol. The van der Waals surface area contributed by atoms with Gasteiger partial charge in [-0.1, -0.05) is 17.7 Å². The zero-order chi connectivity index (χ0) is 13.8.